The molecule has 2 heterocycles. The Balaban J connectivity index is 0.00000225. The van der Waals surface area contributed by atoms with Crippen molar-refractivity contribution in [3.63, 3.8) is 0 Å². The maximum Gasteiger partial charge on any atom is 0.228 e. The molecule has 2 aliphatic rings. The van der Waals surface area contributed by atoms with E-state index in [2.05, 4.69) is 0 Å². The fourth-order valence-electron chi connectivity index (χ4n) is 3.79. The number of benzene rings is 1. The smallest absolute Gasteiger partial charge is 0.228 e. The molecule has 2 aliphatic heterocycles. The first-order valence-corrected chi connectivity index (χ1v) is 8.60. The number of amides is 2. The van der Waals surface area contributed by atoms with Gasteiger partial charge in [0.15, 0.2) is 0 Å². The van der Waals surface area contributed by atoms with Crippen molar-refractivity contribution in [1.29, 1.82) is 0 Å². The van der Waals surface area contributed by atoms with Gasteiger partial charge >= 0.3 is 0 Å². The highest BCUT2D eigenvalue weighted by molar-refractivity contribution is 6.00. The fraction of sp³-hybridized carbons (Fsp3) is 0.556. The molecule has 138 valence electrons. The minimum atomic E-state index is -0.439. The van der Waals surface area contributed by atoms with Gasteiger partial charge in [0.2, 0.25) is 11.8 Å². The van der Waals surface area contributed by atoms with Crippen LogP contribution in [0.3, 0.4) is 0 Å². The standard InChI is InChI=1S/C18H24FN3O2.ClH/c1-12(20)15-7-4-5-9-21(15)18(24)13-10-17(23)22(11-13)16-8-3-2-6-14(16)19;/h2-3,6,8,12-13,15H,4-5,7,9-11,20H2,1H3;1H. The molecule has 2 saturated heterocycles. The van der Waals surface area contributed by atoms with E-state index in [1.165, 1.54) is 11.0 Å². The second-order valence-electron chi connectivity index (χ2n) is 6.81. The first-order valence-electron chi connectivity index (χ1n) is 8.60. The van der Waals surface area contributed by atoms with Gasteiger partial charge in [0.1, 0.15) is 5.82 Å². The van der Waals surface area contributed by atoms with Crippen molar-refractivity contribution in [2.75, 3.05) is 18.0 Å². The topological polar surface area (TPSA) is 66.6 Å². The highest BCUT2D eigenvalue weighted by Gasteiger charge is 2.40. The number of anilines is 1. The van der Waals surface area contributed by atoms with Gasteiger partial charge in [-0.05, 0) is 38.3 Å². The van der Waals surface area contributed by atoms with Gasteiger partial charge in [-0.3, -0.25) is 9.59 Å². The van der Waals surface area contributed by atoms with Crippen molar-refractivity contribution in [3.05, 3.63) is 30.1 Å². The Morgan fingerprint density at radius 3 is 2.72 bits per heavy atom. The maximum absolute atomic E-state index is 14.0. The van der Waals surface area contributed by atoms with Crippen LogP contribution in [0.25, 0.3) is 0 Å². The number of hydrogen-bond donors (Lipinski definition) is 1. The van der Waals surface area contributed by atoms with Gasteiger partial charge < -0.3 is 15.5 Å². The first kappa shape index (κ1) is 19.7. The van der Waals surface area contributed by atoms with Crippen molar-refractivity contribution in [3.8, 4) is 0 Å². The lowest BCUT2D eigenvalue weighted by molar-refractivity contribution is -0.139. The Morgan fingerprint density at radius 2 is 2.04 bits per heavy atom. The molecule has 3 unspecified atom stereocenters. The number of piperidine rings is 1. The zero-order chi connectivity index (χ0) is 17.3. The summed E-state index contributed by atoms with van der Waals surface area (Å²) in [6.07, 6.45) is 3.07. The number of nitrogens with zero attached hydrogens (tertiary/aromatic N) is 2. The van der Waals surface area contributed by atoms with Gasteiger partial charge in [-0.15, -0.1) is 12.4 Å². The minimum absolute atomic E-state index is 0. The molecule has 2 amide bonds. The highest BCUT2D eigenvalue weighted by Crippen LogP contribution is 2.30. The Morgan fingerprint density at radius 1 is 1.32 bits per heavy atom. The molecule has 0 aromatic heterocycles. The predicted molar refractivity (Wildman–Crippen MR) is 97.1 cm³/mol. The fourth-order valence-corrected chi connectivity index (χ4v) is 3.79. The number of likely N-dealkylation sites (tertiary alicyclic amines) is 1. The van der Waals surface area contributed by atoms with Crippen molar-refractivity contribution in [2.45, 2.75) is 44.7 Å². The van der Waals surface area contributed by atoms with Gasteiger partial charge in [0.25, 0.3) is 0 Å². The second kappa shape index (κ2) is 8.15. The number of para-hydroxylation sites is 1. The van der Waals surface area contributed by atoms with Gasteiger partial charge in [-0.2, -0.15) is 0 Å². The van der Waals surface area contributed by atoms with E-state index in [1.54, 1.807) is 18.2 Å². The summed E-state index contributed by atoms with van der Waals surface area (Å²) in [6, 6.07) is 6.12. The third kappa shape index (κ3) is 3.96. The molecule has 2 N–H and O–H groups in total. The Bertz CT molecular complexity index is 641. The molecule has 0 spiro atoms. The zero-order valence-electron chi connectivity index (χ0n) is 14.4. The molecule has 3 atom stereocenters. The van der Waals surface area contributed by atoms with Crippen molar-refractivity contribution < 1.29 is 14.0 Å². The van der Waals surface area contributed by atoms with E-state index in [9.17, 15) is 14.0 Å². The maximum atomic E-state index is 14.0. The summed E-state index contributed by atoms with van der Waals surface area (Å²) in [6.45, 7) is 2.85. The van der Waals surface area contributed by atoms with Crippen molar-refractivity contribution in [2.24, 2.45) is 11.7 Å². The zero-order valence-corrected chi connectivity index (χ0v) is 15.2. The first-order chi connectivity index (χ1) is 11.5. The lowest BCUT2D eigenvalue weighted by Gasteiger charge is -2.39. The summed E-state index contributed by atoms with van der Waals surface area (Å²) in [5.41, 5.74) is 6.29. The molecule has 25 heavy (non-hydrogen) atoms. The van der Waals surface area contributed by atoms with Crippen LogP contribution in [0.15, 0.2) is 24.3 Å². The third-order valence-electron chi connectivity index (χ3n) is 5.06. The summed E-state index contributed by atoms with van der Waals surface area (Å²) in [4.78, 5) is 28.5. The Hall–Kier alpha value is -1.66. The monoisotopic (exact) mass is 369 g/mol. The van der Waals surface area contributed by atoms with E-state index in [-0.39, 0.29) is 55.0 Å². The van der Waals surface area contributed by atoms with Crippen LogP contribution in [0.4, 0.5) is 10.1 Å². The quantitative estimate of drug-likeness (QED) is 0.889. The SMILES string of the molecule is CC(N)C1CCCCN1C(=O)C1CC(=O)N(c2ccccc2F)C1.Cl. The molecule has 1 aromatic carbocycles. The summed E-state index contributed by atoms with van der Waals surface area (Å²) in [5, 5.41) is 0. The lowest BCUT2D eigenvalue weighted by Crippen LogP contribution is -2.53. The average molecular weight is 370 g/mol. The van der Waals surface area contributed by atoms with Gasteiger partial charge in [-0.1, -0.05) is 12.1 Å². The molecule has 0 aliphatic carbocycles. The summed E-state index contributed by atoms with van der Waals surface area (Å²) >= 11 is 0. The summed E-state index contributed by atoms with van der Waals surface area (Å²) in [5.74, 6) is -1.08. The van der Waals surface area contributed by atoms with Crippen LogP contribution in [0.1, 0.15) is 32.6 Å². The minimum Gasteiger partial charge on any atom is -0.338 e. The average Bonchev–Trinajstić information content (AvgIpc) is 2.96. The molecule has 7 heteroatoms. The molecule has 0 radical (unpaired) electrons. The molecule has 1 aromatic rings. The third-order valence-corrected chi connectivity index (χ3v) is 5.06. The summed E-state index contributed by atoms with van der Waals surface area (Å²) in [7, 11) is 0. The van der Waals surface area contributed by atoms with Crippen LogP contribution in [0.5, 0.6) is 0 Å². The number of nitrogens with two attached hydrogens (primary N) is 1. The van der Waals surface area contributed by atoms with Crippen LogP contribution >= 0.6 is 12.4 Å². The van der Waals surface area contributed by atoms with Crippen molar-refractivity contribution >= 4 is 29.9 Å². The number of carbonyl (C=O) groups is 2. The highest BCUT2D eigenvalue weighted by atomic mass is 35.5. The van der Waals surface area contributed by atoms with E-state index in [0.29, 0.717) is 6.54 Å². The van der Waals surface area contributed by atoms with Gasteiger partial charge in [0, 0.05) is 31.6 Å². The van der Waals surface area contributed by atoms with E-state index in [1.807, 2.05) is 11.8 Å². The van der Waals surface area contributed by atoms with Crippen molar-refractivity contribution in [1.82, 2.24) is 4.90 Å². The molecule has 2 fully saturated rings. The van der Waals surface area contributed by atoms with Crippen LogP contribution in [0, 0.1) is 11.7 Å². The number of hydrogen-bond acceptors (Lipinski definition) is 3. The van der Waals surface area contributed by atoms with E-state index < -0.39 is 11.7 Å². The second-order valence-corrected chi connectivity index (χ2v) is 6.81. The molecule has 0 bridgehead atoms. The van der Waals surface area contributed by atoms with Crippen LogP contribution in [-0.4, -0.2) is 41.9 Å². The molecule has 5 nitrogen and oxygen atoms in total. The Labute approximate surface area is 153 Å². The lowest BCUT2D eigenvalue weighted by atomic mass is 9.94. The molecule has 0 saturated carbocycles. The normalized spacial score (nSPS) is 24.8. The van der Waals surface area contributed by atoms with Crippen LogP contribution < -0.4 is 10.6 Å². The van der Waals surface area contributed by atoms with E-state index in [4.69, 9.17) is 5.73 Å². The van der Waals surface area contributed by atoms with Gasteiger partial charge in [0.05, 0.1) is 11.6 Å². The number of carbonyl (C=O) groups excluding carboxylic acids is 2. The van der Waals surface area contributed by atoms with Crippen LogP contribution in [0.2, 0.25) is 0 Å². The molecular formula is C18H25ClFN3O2. The molecule has 3 rings (SSSR count). The van der Waals surface area contributed by atoms with Crippen LogP contribution in [-0.2, 0) is 9.59 Å². The van der Waals surface area contributed by atoms with E-state index in [0.717, 1.165) is 19.3 Å². The van der Waals surface area contributed by atoms with E-state index >= 15 is 0 Å². The Kier molecular flexibility index (Phi) is 6.41. The summed E-state index contributed by atoms with van der Waals surface area (Å²) < 4.78 is 14.0. The predicted octanol–water partition coefficient (Wildman–Crippen LogP) is 2.33. The number of rotatable bonds is 3. The molecular weight excluding hydrogens is 345 g/mol. The largest absolute Gasteiger partial charge is 0.338 e. The number of halogens is 2. The van der Waals surface area contributed by atoms with Gasteiger partial charge in [-0.25, -0.2) is 4.39 Å².